The highest BCUT2D eigenvalue weighted by Gasteiger charge is 2.19. The molecule has 0 bridgehead atoms. The molecule has 0 aliphatic carbocycles. The number of hydrogen-bond donors (Lipinski definition) is 0. The summed E-state index contributed by atoms with van der Waals surface area (Å²) in [7, 11) is 0. The molecule has 0 spiro atoms. The third kappa shape index (κ3) is 9.70. The van der Waals surface area contributed by atoms with Gasteiger partial charge in [-0.05, 0) is 12.8 Å². The van der Waals surface area contributed by atoms with Crippen LogP contribution in [0, 0.1) is 0 Å². The smallest absolute Gasteiger partial charge is 0.0809 e. The Morgan fingerprint density at radius 2 is 2.09 bits per heavy atom. The van der Waals surface area contributed by atoms with Crippen molar-refractivity contribution < 1.29 is 4.74 Å². The van der Waals surface area contributed by atoms with Gasteiger partial charge in [-0.2, -0.15) is 0 Å². The first kappa shape index (κ1) is 10.7. The Labute approximate surface area is 70.4 Å². The van der Waals surface area contributed by atoms with Crippen molar-refractivity contribution >= 4 is 0 Å². The Hall–Kier alpha value is -0.300. The number of ether oxygens (including phenoxy) is 1. The summed E-state index contributed by atoms with van der Waals surface area (Å²) in [4.78, 5) is 0. The third-order valence-electron chi connectivity index (χ3n) is 1.51. The third-order valence-corrected chi connectivity index (χ3v) is 1.51. The van der Waals surface area contributed by atoms with Gasteiger partial charge in [0.15, 0.2) is 0 Å². The van der Waals surface area contributed by atoms with Crippen molar-refractivity contribution in [1.82, 2.24) is 0 Å². The lowest BCUT2D eigenvalue weighted by atomic mass is 10.3. The van der Waals surface area contributed by atoms with Crippen molar-refractivity contribution in [1.29, 1.82) is 0 Å². The second-order valence-corrected chi connectivity index (χ2v) is 2.82. The zero-order valence-corrected chi connectivity index (χ0v) is 7.81. The molecule has 0 radical (unpaired) electrons. The van der Waals surface area contributed by atoms with Crippen LogP contribution in [-0.4, -0.2) is 12.7 Å². The average molecular weight is 156 g/mol. The highest BCUT2D eigenvalue weighted by Crippen LogP contribution is 2.14. The van der Waals surface area contributed by atoms with Gasteiger partial charge in [-0.1, -0.05) is 32.8 Å². The van der Waals surface area contributed by atoms with Crippen LogP contribution in [0.1, 0.15) is 39.5 Å². The van der Waals surface area contributed by atoms with Crippen molar-refractivity contribution in [3.63, 3.8) is 0 Å². The normalized spacial score (nSPS) is 20.0. The molecule has 11 heavy (non-hydrogen) atoms. The van der Waals surface area contributed by atoms with Crippen LogP contribution in [0.5, 0.6) is 0 Å². The van der Waals surface area contributed by atoms with Crippen molar-refractivity contribution in [2.24, 2.45) is 0 Å². The van der Waals surface area contributed by atoms with E-state index in [9.17, 15) is 0 Å². The van der Waals surface area contributed by atoms with Gasteiger partial charge in [-0.3, -0.25) is 0 Å². The molecular weight excluding hydrogens is 136 g/mol. The predicted octanol–water partition coefficient (Wildman–Crippen LogP) is 3.16. The second kappa shape index (κ2) is 7.80. The van der Waals surface area contributed by atoms with E-state index in [-0.39, 0.29) is 0 Å². The van der Waals surface area contributed by atoms with Gasteiger partial charge >= 0.3 is 0 Å². The lowest BCUT2D eigenvalue weighted by Gasteiger charge is -1.79. The highest BCUT2D eigenvalue weighted by atomic mass is 16.6. The van der Waals surface area contributed by atoms with E-state index in [4.69, 9.17) is 4.74 Å². The van der Waals surface area contributed by atoms with Gasteiger partial charge in [0.05, 0.1) is 12.7 Å². The fraction of sp³-hybridized carbons (Fsp3) is 0.800. The maximum Gasteiger partial charge on any atom is 0.0809 e. The molecule has 0 amide bonds. The zero-order valence-electron chi connectivity index (χ0n) is 7.81. The summed E-state index contributed by atoms with van der Waals surface area (Å²) in [5.41, 5.74) is 0. The second-order valence-electron chi connectivity index (χ2n) is 2.82. The molecule has 0 aromatic carbocycles. The van der Waals surface area contributed by atoms with E-state index in [1.807, 2.05) is 6.08 Å². The Balaban J connectivity index is 0.000000187. The Bertz CT molecular complexity index is 84.9. The lowest BCUT2D eigenvalue weighted by molar-refractivity contribution is 0.395. The molecule has 1 aliphatic rings. The number of unbranched alkanes of at least 4 members (excludes halogenated alkanes) is 1. The first-order valence-corrected chi connectivity index (χ1v) is 4.57. The van der Waals surface area contributed by atoms with Gasteiger partial charge in [0.1, 0.15) is 0 Å². The molecule has 1 rings (SSSR count). The molecular formula is C10H20O. The summed E-state index contributed by atoms with van der Waals surface area (Å²) in [6, 6.07) is 0. The van der Waals surface area contributed by atoms with Crippen molar-refractivity contribution in [2.75, 3.05) is 6.61 Å². The quantitative estimate of drug-likeness (QED) is 0.450. The summed E-state index contributed by atoms with van der Waals surface area (Å²) >= 11 is 0. The number of epoxide rings is 1. The van der Waals surface area contributed by atoms with Crippen molar-refractivity contribution in [2.45, 2.75) is 45.6 Å². The summed E-state index contributed by atoms with van der Waals surface area (Å²) in [6.07, 6.45) is 7.49. The SMILES string of the molecule is C=CCCC.CCCC1CO1. The number of hydrogen-bond acceptors (Lipinski definition) is 1. The molecule has 1 unspecified atom stereocenters. The van der Waals surface area contributed by atoms with E-state index in [0.29, 0.717) is 6.10 Å². The van der Waals surface area contributed by atoms with Crippen LogP contribution in [0.4, 0.5) is 0 Å². The van der Waals surface area contributed by atoms with E-state index in [0.717, 1.165) is 13.0 Å². The fourth-order valence-corrected chi connectivity index (χ4v) is 0.761. The van der Waals surface area contributed by atoms with Crippen LogP contribution in [0.15, 0.2) is 12.7 Å². The van der Waals surface area contributed by atoms with E-state index in [2.05, 4.69) is 20.4 Å². The number of allylic oxidation sites excluding steroid dienone is 1. The fourth-order valence-electron chi connectivity index (χ4n) is 0.761. The van der Waals surface area contributed by atoms with Crippen LogP contribution >= 0.6 is 0 Å². The largest absolute Gasteiger partial charge is 0.373 e. The van der Waals surface area contributed by atoms with Crippen LogP contribution in [0.2, 0.25) is 0 Å². The van der Waals surface area contributed by atoms with E-state index in [1.165, 1.54) is 19.3 Å². The molecule has 0 aromatic heterocycles. The number of rotatable bonds is 4. The van der Waals surface area contributed by atoms with Gasteiger partial charge in [0.25, 0.3) is 0 Å². The van der Waals surface area contributed by atoms with Gasteiger partial charge in [0, 0.05) is 0 Å². The maximum absolute atomic E-state index is 4.95. The molecule has 0 saturated carbocycles. The van der Waals surface area contributed by atoms with Gasteiger partial charge in [-0.15, -0.1) is 6.58 Å². The standard InChI is InChI=1S/C5H10O.C5H10/c1-2-3-5-4-6-5;1-3-5-4-2/h5H,2-4H2,1H3;3H,1,4-5H2,2H3. The summed E-state index contributed by atoms with van der Waals surface area (Å²) in [5.74, 6) is 0. The molecule has 1 saturated heterocycles. The molecule has 0 aromatic rings. The van der Waals surface area contributed by atoms with Crippen molar-refractivity contribution in [3.05, 3.63) is 12.7 Å². The van der Waals surface area contributed by atoms with E-state index < -0.39 is 0 Å². The topological polar surface area (TPSA) is 12.5 Å². The first-order chi connectivity index (χ1) is 5.35. The molecule has 1 fully saturated rings. The summed E-state index contributed by atoms with van der Waals surface area (Å²) < 4.78 is 4.95. The van der Waals surface area contributed by atoms with E-state index >= 15 is 0 Å². The molecule has 66 valence electrons. The minimum atomic E-state index is 0.648. The molecule has 1 atom stereocenters. The zero-order chi connectivity index (χ0) is 8.53. The average Bonchev–Trinajstić information content (AvgIpc) is 2.76. The van der Waals surface area contributed by atoms with E-state index in [1.54, 1.807) is 0 Å². The van der Waals surface area contributed by atoms with Crippen molar-refractivity contribution in [3.8, 4) is 0 Å². The Kier molecular flexibility index (Phi) is 7.59. The summed E-state index contributed by atoms with van der Waals surface area (Å²) in [6.45, 7) is 8.89. The first-order valence-electron chi connectivity index (χ1n) is 4.57. The Morgan fingerprint density at radius 1 is 1.45 bits per heavy atom. The van der Waals surface area contributed by atoms with Gasteiger partial charge < -0.3 is 4.74 Å². The van der Waals surface area contributed by atoms with Crippen LogP contribution in [0.3, 0.4) is 0 Å². The van der Waals surface area contributed by atoms with Crippen LogP contribution in [-0.2, 0) is 4.74 Å². The molecule has 1 heteroatoms. The maximum atomic E-state index is 4.95. The lowest BCUT2D eigenvalue weighted by Crippen LogP contribution is -1.78. The van der Waals surface area contributed by atoms with Crippen LogP contribution < -0.4 is 0 Å². The molecule has 1 heterocycles. The highest BCUT2D eigenvalue weighted by molar-refractivity contribution is 4.66. The van der Waals surface area contributed by atoms with Gasteiger partial charge in [-0.25, -0.2) is 0 Å². The minimum Gasteiger partial charge on any atom is -0.373 e. The Morgan fingerprint density at radius 3 is 2.18 bits per heavy atom. The van der Waals surface area contributed by atoms with Gasteiger partial charge in [0.2, 0.25) is 0 Å². The monoisotopic (exact) mass is 156 g/mol. The molecule has 0 N–H and O–H groups in total. The predicted molar refractivity (Wildman–Crippen MR) is 49.8 cm³/mol. The minimum absolute atomic E-state index is 0.648. The van der Waals surface area contributed by atoms with Crippen LogP contribution in [0.25, 0.3) is 0 Å². The molecule has 1 aliphatic heterocycles. The molecule has 1 nitrogen and oxygen atoms in total. The summed E-state index contributed by atoms with van der Waals surface area (Å²) in [5, 5.41) is 0.